The summed E-state index contributed by atoms with van der Waals surface area (Å²) in [5.74, 6) is 0.119. The van der Waals surface area contributed by atoms with E-state index in [4.69, 9.17) is 0 Å². The Kier molecular flexibility index (Phi) is 5.08. The summed E-state index contributed by atoms with van der Waals surface area (Å²) in [6.07, 6.45) is 0. The molecule has 6 nitrogen and oxygen atoms in total. The largest absolute Gasteiger partial charge is 0.325 e. The number of carbonyl (C=O) groups excluding carboxylic acids is 1. The van der Waals surface area contributed by atoms with Crippen molar-refractivity contribution in [3.8, 4) is 5.69 Å². The molecule has 4 aromatic rings. The zero-order valence-corrected chi connectivity index (χ0v) is 16.4. The van der Waals surface area contributed by atoms with Crippen molar-refractivity contribution in [1.82, 2.24) is 20.2 Å². The summed E-state index contributed by atoms with van der Waals surface area (Å²) < 4.78 is 1.68. The van der Waals surface area contributed by atoms with Gasteiger partial charge in [-0.15, -0.1) is 5.10 Å². The molecule has 0 bridgehead atoms. The third-order valence-corrected chi connectivity index (χ3v) is 5.53. The van der Waals surface area contributed by atoms with E-state index in [-0.39, 0.29) is 11.7 Å². The van der Waals surface area contributed by atoms with Crippen LogP contribution in [0, 0.1) is 13.8 Å². The van der Waals surface area contributed by atoms with E-state index in [1.165, 1.54) is 11.8 Å². The van der Waals surface area contributed by atoms with E-state index in [9.17, 15) is 4.79 Å². The monoisotopic (exact) mass is 389 g/mol. The van der Waals surface area contributed by atoms with Crippen molar-refractivity contribution < 1.29 is 4.79 Å². The van der Waals surface area contributed by atoms with Crippen molar-refractivity contribution in [3.05, 3.63) is 71.8 Å². The van der Waals surface area contributed by atoms with Gasteiger partial charge in [-0.3, -0.25) is 4.79 Å². The lowest BCUT2D eigenvalue weighted by atomic mass is 10.1. The predicted molar refractivity (Wildman–Crippen MR) is 112 cm³/mol. The Morgan fingerprint density at radius 3 is 2.71 bits per heavy atom. The lowest BCUT2D eigenvalue weighted by Gasteiger charge is -2.10. The fourth-order valence-corrected chi connectivity index (χ4v) is 3.66. The van der Waals surface area contributed by atoms with Crippen molar-refractivity contribution >= 4 is 34.1 Å². The number of fused-ring (bicyclic) bond motifs is 1. The topological polar surface area (TPSA) is 72.7 Å². The van der Waals surface area contributed by atoms with Crippen molar-refractivity contribution in [3.63, 3.8) is 0 Å². The van der Waals surface area contributed by atoms with Crippen molar-refractivity contribution in [2.45, 2.75) is 19.0 Å². The third-order valence-electron chi connectivity index (χ3n) is 4.61. The summed E-state index contributed by atoms with van der Waals surface area (Å²) in [6, 6.07) is 19.9. The Morgan fingerprint density at radius 1 is 1.04 bits per heavy atom. The lowest BCUT2D eigenvalue weighted by Crippen LogP contribution is -2.14. The van der Waals surface area contributed by atoms with Gasteiger partial charge in [0.2, 0.25) is 11.1 Å². The number of nitrogens with one attached hydrogen (secondary N) is 1. The van der Waals surface area contributed by atoms with Gasteiger partial charge in [0.1, 0.15) is 0 Å². The first-order chi connectivity index (χ1) is 13.6. The molecule has 3 aromatic carbocycles. The van der Waals surface area contributed by atoms with Gasteiger partial charge in [0.25, 0.3) is 0 Å². The second-order valence-electron chi connectivity index (χ2n) is 6.49. The number of tetrazole rings is 1. The van der Waals surface area contributed by atoms with Gasteiger partial charge in [-0.1, -0.05) is 54.2 Å². The van der Waals surface area contributed by atoms with Gasteiger partial charge in [0.05, 0.1) is 11.4 Å². The number of thioether (sulfide) groups is 1. The maximum atomic E-state index is 12.4. The molecule has 0 fully saturated rings. The third kappa shape index (κ3) is 3.75. The van der Waals surface area contributed by atoms with Crippen LogP contribution < -0.4 is 5.32 Å². The SMILES string of the molecule is Cc1cccc(-n2nnnc2SCC(=O)Nc2ccc3ccccc3c2)c1C. The average molecular weight is 389 g/mol. The minimum absolute atomic E-state index is 0.101. The molecule has 0 aliphatic heterocycles. The number of hydrogen-bond donors (Lipinski definition) is 1. The summed E-state index contributed by atoms with van der Waals surface area (Å²) in [5.41, 5.74) is 3.97. The number of rotatable bonds is 5. The van der Waals surface area contributed by atoms with E-state index < -0.39 is 0 Å². The molecular weight excluding hydrogens is 370 g/mol. The number of carbonyl (C=O) groups is 1. The van der Waals surface area contributed by atoms with Crippen LogP contribution in [-0.2, 0) is 4.79 Å². The molecule has 1 aromatic heterocycles. The number of hydrogen-bond acceptors (Lipinski definition) is 5. The Balaban J connectivity index is 1.45. The minimum Gasteiger partial charge on any atom is -0.325 e. The molecule has 0 spiro atoms. The van der Waals surface area contributed by atoms with Crippen LogP contribution in [0.3, 0.4) is 0 Å². The van der Waals surface area contributed by atoms with Crippen molar-refractivity contribution in [2.24, 2.45) is 0 Å². The summed E-state index contributed by atoms with van der Waals surface area (Å²) >= 11 is 1.31. The second kappa shape index (κ2) is 7.82. The van der Waals surface area contributed by atoms with Gasteiger partial charge in [0, 0.05) is 5.69 Å². The Labute approximate surface area is 167 Å². The van der Waals surface area contributed by atoms with Crippen molar-refractivity contribution in [1.29, 1.82) is 0 Å². The Morgan fingerprint density at radius 2 is 1.86 bits per heavy atom. The van der Waals surface area contributed by atoms with E-state index in [1.54, 1.807) is 4.68 Å². The maximum absolute atomic E-state index is 12.4. The Bertz CT molecular complexity index is 1150. The predicted octanol–water partition coefficient (Wildman–Crippen LogP) is 4.16. The molecule has 0 saturated heterocycles. The quantitative estimate of drug-likeness (QED) is 0.519. The number of benzene rings is 3. The maximum Gasteiger partial charge on any atom is 0.234 e. The van der Waals surface area contributed by atoms with Gasteiger partial charge in [-0.05, 0) is 64.4 Å². The fourth-order valence-electron chi connectivity index (χ4n) is 2.98. The van der Waals surface area contributed by atoms with E-state index in [0.29, 0.717) is 5.16 Å². The molecule has 1 N–H and O–H groups in total. The van der Waals surface area contributed by atoms with E-state index in [0.717, 1.165) is 33.3 Å². The second-order valence-corrected chi connectivity index (χ2v) is 7.43. The summed E-state index contributed by atoms with van der Waals surface area (Å²) in [5, 5.41) is 17.7. The zero-order chi connectivity index (χ0) is 19.5. The number of amides is 1. The molecule has 28 heavy (non-hydrogen) atoms. The van der Waals surface area contributed by atoms with Gasteiger partial charge >= 0.3 is 0 Å². The first-order valence-corrected chi connectivity index (χ1v) is 9.87. The van der Waals surface area contributed by atoms with Crippen LogP contribution in [0.1, 0.15) is 11.1 Å². The normalized spacial score (nSPS) is 10.9. The Hall–Kier alpha value is -3.19. The summed E-state index contributed by atoms with van der Waals surface area (Å²) in [4.78, 5) is 12.4. The van der Waals surface area contributed by atoms with Crippen LogP contribution in [0.5, 0.6) is 0 Å². The molecule has 4 rings (SSSR count). The first-order valence-electron chi connectivity index (χ1n) is 8.88. The highest BCUT2D eigenvalue weighted by Crippen LogP contribution is 2.23. The number of nitrogens with zero attached hydrogens (tertiary/aromatic N) is 4. The molecule has 1 amide bonds. The zero-order valence-electron chi connectivity index (χ0n) is 15.6. The van der Waals surface area contributed by atoms with Gasteiger partial charge in [-0.2, -0.15) is 4.68 Å². The average Bonchev–Trinajstić information content (AvgIpc) is 3.17. The highest BCUT2D eigenvalue weighted by Gasteiger charge is 2.14. The molecule has 0 unspecified atom stereocenters. The molecule has 7 heteroatoms. The molecule has 0 radical (unpaired) electrons. The van der Waals surface area contributed by atoms with Gasteiger partial charge < -0.3 is 5.32 Å². The highest BCUT2D eigenvalue weighted by atomic mass is 32.2. The van der Waals surface area contributed by atoms with E-state index in [2.05, 4.69) is 20.8 Å². The van der Waals surface area contributed by atoms with Crippen LogP contribution in [0.4, 0.5) is 5.69 Å². The minimum atomic E-state index is -0.101. The molecule has 1 heterocycles. The van der Waals surface area contributed by atoms with Crippen molar-refractivity contribution in [2.75, 3.05) is 11.1 Å². The van der Waals surface area contributed by atoms with Crippen LogP contribution >= 0.6 is 11.8 Å². The number of anilines is 1. The van der Waals surface area contributed by atoms with Gasteiger partial charge in [0.15, 0.2) is 0 Å². The summed E-state index contributed by atoms with van der Waals surface area (Å²) in [7, 11) is 0. The molecule has 140 valence electrons. The van der Waals surface area contributed by atoms with Crippen LogP contribution in [-0.4, -0.2) is 31.9 Å². The lowest BCUT2D eigenvalue weighted by molar-refractivity contribution is -0.113. The molecule has 0 atom stereocenters. The molecule has 0 aliphatic carbocycles. The van der Waals surface area contributed by atoms with Crippen LogP contribution in [0.25, 0.3) is 16.5 Å². The number of aromatic nitrogens is 4. The first kappa shape index (κ1) is 18.2. The molecule has 0 aliphatic rings. The standard InChI is InChI=1S/C21H19N5OS/c1-14-6-5-9-19(15(14)2)26-21(23-24-25-26)28-13-20(27)22-18-11-10-16-7-3-4-8-17(16)12-18/h3-12H,13H2,1-2H3,(H,22,27). The number of aryl methyl sites for hydroxylation is 1. The van der Waals surface area contributed by atoms with E-state index in [1.807, 2.05) is 74.5 Å². The molecule has 0 saturated carbocycles. The van der Waals surface area contributed by atoms with E-state index >= 15 is 0 Å². The molecular formula is C21H19N5OS. The fraction of sp³-hybridized carbons (Fsp3) is 0.143. The summed E-state index contributed by atoms with van der Waals surface area (Å²) in [6.45, 7) is 4.08. The van der Waals surface area contributed by atoms with Crippen LogP contribution in [0.15, 0.2) is 65.8 Å². The smallest absolute Gasteiger partial charge is 0.234 e. The van der Waals surface area contributed by atoms with Crippen LogP contribution in [0.2, 0.25) is 0 Å². The van der Waals surface area contributed by atoms with Gasteiger partial charge in [-0.25, -0.2) is 0 Å². The highest BCUT2D eigenvalue weighted by molar-refractivity contribution is 7.99.